The lowest BCUT2D eigenvalue weighted by molar-refractivity contribution is 0.0873. The quantitative estimate of drug-likeness (QED) is 0.831. The largest absolute Gasteiger partial charge is 0.391 e. The summed E-state index contributed by atoms with van der Waals surface area (Å²) in [5.74, 6) is -0.0736. The van der Waals surface area contributed by atoms with E-state index in [0.29, 0.717) is 16.7 Å². The number of carbonyl (C=O) groups excluding carboxylic acids is 1. The number of hydrogen-bond acceptors (Lipinski definition) is 5. The Kier molecular flexibility index (Phi) is 4.55. The molecule has 3 atom stereocenters. The molecule has 2 unspecified atom stereocenters. The summed E-state index contributed by atoms with van der Waals surface area (Å²) in [6.45, 7) is 3.93. The van der Waals surface area contributed by atoms with Crippen LogP contribution in [0.5, 0.6) is 0 Å². The van der Waals surface area contributed by atoms with Crippen molar-refractivity contribution in [3.05, 3.63) is 52.3 Å². The molecule has 0 aliphatic carbocycles. The highest BCUT2D eigenvalue weighted by atomic mass is 16.3. The summed E-state index contributed by atoms with van der Waals surface area (Å²) in [5, 5.41) is 28.9. The number of nitriles is 2. The average Bonchev–Trinajstić information content (AvgIpc) is 3.29. The highest BCUT2D eigenvalue weighted by Crippen LogP contribution is 2.38. The van der Waals surface area contributed by atoms with Gasteiger partial charge in [0.1, 0.15) is 6.07 Å². The molecule has 0 amide bonds. The third-order valence-electron chi connectivity index (χ3n) is 6.26. The molecule has 0 radical (unpaired) electrons. The smallest absolute Gasteiger partial charge is 0.180 e. The topological polar surface area (TPSA) is 93.0 Å². The molecular weight excluding hydrogens is 352 g/mol. The number of Topliss-reactive ketones (excluding diaryl/α,β-unsaturated/α-hetero) is 1. The minimum Gasteiger partial charge on any atom is -0.391 e. The molecule has 1 aromatic heterocycles. The molecule has 1 aromatic carbocycles. The van der Waals surface area contributed by atoms with Crippen LogP contribution in [0.15, 0.2) is 24.3 Å². The van der Waals surface area contributed by atoms with Gasteiger partial charge in [-0.05, 0) is 57.4 Å². The number of fused-ring (bicyclic) bond motifs is 2. The number of aromatic nitrogens is 1. The van der Waals surface area contributed by atoms with Gasteiger partial charge in [-0.15, -0.1) is 0 Å². The molecule has 2 fully saturated rings. The molecule has 2 aliphatic heterocycles. The summed E-state index contributed by atoms with van der Waals surface area (Å²) < 4.78 is 1.90. The van der Waals surface area contributed by atoms with E-state index in [9.17, 15) is 15.2 Å². The number of ketones is 1. The van der Waals surface area contributed by atoms with Gasteiger partial charge in [0, 0.05) is 29.2 Å². The van der Waals surface area contributed by atoms with Crippen LogP contribution in [-0.2, 0) is 0 Å². The van der Waals surface area contributed by atoms with Gasteiger partial charge in [-0.1, -0.05) is 0 Å². The van der Waals surface area contributed by atoms with E-state index in [-0.39, 0.29) is 30.5 Å². The van der Waals surface area contributed by atoms with Gasteiger partial charge in [0.2, 0.25) is 0 Å². The maximum atomic E-state index is 13.2. The molecule has 6 nitrogen and oxygen atoms in total. The molecule has 2 saturated heterocycles. The Morgan fingerprint density at radius 3 is 2.39 bits per heavy atom. The van der Waals surface area contributed by atoms with E-state index in [0.717, 1.165) is 36.3 Å². The Balaban J connectivity index is 1.70. The van der Waals surface area contributed by atoms with Gasteiger partial charge in [0.15, 0.2) is 5.78 Å². The number of aliphatic hydroxyl groups is 1. The van der Waals surface area contributed by atoms with Crippen molar-refractivity contribution >= 4 is 5.78 Å². The van der Waals surface area contributed by atoms with Gasteiger partial charge in [0.05, 0.1) is 35.4 Å². The molecule has 3 heterocycles. The zero-order valence-electron chi connectivity index (χ0n) is 16.0. The lowest BCUT2D eigenvalue weighted by Crippen LogP contribution is -2.36. The van der Waals surface area contributed by atoms with Gasteiger partial charge in [0.25, 0.3) is 0 Å². The Hall–Kier alpha value is -2.93. The van der Waals surface area contributed by atoms with E-state index in [4.69, 9.17) is 5.26 Å². The standard InChI is InChI=1S/C22H22N4O2/c1-13-18(11-24)22(14(2)26(13)16-5-3-15(10-23)4-6-16)21(28)12-25-17-7-8-19(25)20(27)9-17/h3-6,17,19-20,27H,7-9,12H2,1-2H3/t17?,19?,20-/m1/s1. The van der Waals surface area contributed by atoms with Crippen LogP contribution in [0.2, 0.25) is 0 Å². The van der Waals surface area contributed by atoms with Crippen LogP contribution in [0.1, 0.15) is 52.1 Å². The predicted molar refractivity (Wildman–Crippen MR) is 103 cm³/mol. The molecule has 0 saturated carbocycles. The second-order valence-electron chi connectivity index (χ2n) is 7.72. The first kappa shape index (κ1) is 18.4. The number of aliphatic hydroxyl groups excluding tert-OH is 1. The van der Waals surface area contributed by atoms with Crippen molar-refractivity contribution in [1.29, 1.82) is 10.5 Å². The zero-order valence-corrected chi connectivity index (χ0v) is 16.0. The van der Waals surface area contributed by atoms with Gasteiger partial charge in [-0.25, -0.2) is 0 Å². The molecule has 2 aliphatic rings. The van der Waals surface area contributed by atoms with Crippen LogP contribution in [0, 0.1) is 36.5 Å². The summed E-state index contributed by atoms with van der Waals surface area (Å²) in [6.07, 6.45) is 2.32. The molecule has 28 heavy (non-hydrogen) atoms. The van der Waals surface area contributed by atoms with E-state index in [1.807, 2.05) is 30.5 Å². The lowest BCUT2D eigenvalue weighted by atomic mass is 9.98. The molecule has 0 spiro atoms. The van der Waals surface area contributed by atoms with Crippen LogP contribution in [-0.4, -0.2) is 45.1 Å². The molecule has 2 bridgehead atoms. The van der Waals surface area contributed by atoms with Crippen molar-refractivity contribution in [3.63, 3.8) is 0 Å². The van der Waals surface area contributed by atoms with Crippen molar-refractivity contribution in [2.24, 2.45) is 0 Å². The third-order valence-corrected chi connectivity index (χ3v) is 6.26. The second kappa shape index (κ2) is 6.91. The number of carbonyl (C=O) groups is 1. The van der Waals surface area contributed by atoms with E-state index < -0.39 is 0 Å². The fraction of sp³-hybridized carbons (Fsp3) is 0.409. The van der Waals surface area contributed by atoms with Crippen molar-refractivity contribution in [1.82, 2.24) is 9.47 Å². The van der Waals surface area contributed by atoms with E-state index in [1.165, 1.54) is 0 Å². The first-order valence-corrected chi connectivity index (χ1v) is 9.55. The van der Waals surface area contributed by atoms with Gasteiger partial charge < -0.3 is 9.67 Å². The number of rotatable bonds is 4. The Bertz CT molecular complexity index is 1020. The van der Waals surface area contributed by atoms with E-state index >= 15 is 0 Å². The maximum Gasteiger partial charge on any atom is 0.180 e. The minimum atomic E-state index is -0.354. The first-order valence-electron chi connectivity index (χ1n) is 9.55. The normalized spacial score (nSPS) is 23.5. The molecule has 1 N–H and O–H groups in total. The van der Waals surface area contributed by atoms with E-state index in [1.54, 1.807) is 12.1 Å². The summed E-state index contributed by atoms with van der Waals surface area (Å²) in [6, 6.07) is 11.7. The highest BCUT2D eigenvalue weighted by Gasteiger charge is 2.46. The monoisotopic (exact) mass is 374 g/mol. The summed E-state index contributed by atoms with van der Waals surface area (Å²) in [7, 11) is 0. The fourth-order valence-corrected chi connectivity index (χ4v) is 4.95. The van der Waals surface area contributed by atoms with Crippen LogP contribution < -0.4 is 0 Å². The summed E-state index contributed by atoms with van der Waals surface area (Å²) in [4.78, 5) is 15.3. The molecule has 6 heteroatoms. The lowest BCUT2D eigenvalue weighted by Gasteiger charge is -2.21. The molecule has 142 valence electrons. The first-order chi connectivity index (χ1) is 13.5. The van der Waals surface area contributed by atoms with Crippen LogP contribution in [0.4, 0.5) is 0 Å². The van der Waals surface area contributed by atoms with Gasteiger partial charge in [-0.2, -0.15) is 10.5 Å². The second-order valence-corrected chi connectivity index (χ2v) is 7.72. The molecular formula is C22H22N4O2. The maximum absolute atomic E-state index is 13.2. The number of benzene rings is 1. The SMILES string of the molecule is Cc1c(C#N)c(C(=O)CN2C3CCC2[C@H](O)C3)c(C)n1-c1ccc(C#N)cc1. The van der Waals surface area contributed by atoms with Crippen molar-refractivity contribution in [2.45, 2.75) is 51.3 Å². The Morgan fingerprint density at radius 2 is 1.86 bits per heavy atom. The minimum absolute atomic E-state index is 0.0569. The molecule has 2 aromatic rings. The summed E-state index contributed by atoms with van der Waals surface area (Å²) >= 11 is 0. The van der Waals surface area contributed by atoms with Gasteiger partial charge >= 0.3 is 0 Å². The fourth-order valence-electron chi connectivity index (χ4n) is 4.95. The third kappa shape index (κ3) is 2.74. The van der Waals surface area contributed by atoms with E-state index in [2.05, 4.69) is 17.0 Å². The Labute approximate surface area is 164 Å². The van der Waals surface area contributed by atoms with Crippen LogP contribution in [0.3, 0.4) is 0 Å². The van der Waals surface area contributed by atoms with Crippen LogP contribution >= 0.6 is 0 Å². The predicted octanol–water partition coefficient (Wildman–Crippen LogP) is 2.62. The zero-order chi connectivity index (χ0) is 20.0. The van der Waals surface area contributed by atoms with Gasteiger partial charge in [-0.3, -0.25) is 9.69 Å². The van der Waals surface area contributed by atoms with Crippen molar-refractivity contribution in [3.8, 4) is 17.8 Å². The van der Waals surface area contributed by atoms with Crippen LogP contribution in [0.25, 0.3) is 5.69 Å². The molecule has 4 rings (SSSR count). The van der Waals surface area contributed by atoms with Crippen molar-refractivity contribution < 1.29 is 9.90 Å². The average molecular weight is 374 g/mol. The summed E-state index contributed by atoms with van der Waals surface area (Å²) in [5.41, 5.74) is 3.70. The number of nitrogens with zero attached hydrogens (tertiary/aromatic N) is 4. The highest BCUT2D eigenvalue weighted by molar-refractivity contribution is 6.01. The Morgan fingerprint density at radius 1 is 1.14 bits per heavy atom. The van der Waals surface area contributed by atoms with Crippen molar-refractivity contribution in [2.75, 3.05) is 6.54 Å². The number of hydrogen-bond donors (Lipinski definition) is 1.